The van der Waals surface area contributed by atoms with E-state index < -0.39 is 0 Å². The molecule has 0 saturated heterocycles. The van der Waals surface area contributed by atoms with Crippen LogP contribution in [0.3, 0.4) is 0 Å². The third kappa shape index (κ3) is 2.52. The van der Waals surface area contributed by atoms with Gasteiger partial charge in [-0.3, -0.25) is 19.0 Å². The lowest BCUT2D eigenvalue weighted by Crippen LogP contribution is -2.19. The van der Waals surface area contributed by atoms with Gasteiger partial charge in [0.15, 0.2) is 0 Å². The van der Waals surface area contributed by atoms with Gasteiger partial charge in [0.1, 0.15) is 0 Å². The van der Waals surface area contributed by atoms with Crippen molar-refractivity contribution in [3.63, 3.8) is 0 Å². The molecule has 3 aromatic heterocycles. The zero-order valence-electron chi connectivity index (χ0n) is 14.5. The van der Waals surface area contributed by atoms with Gasteiger partial charge >= 0.3 is 0 Å². The minimum Gasteiger partial charge on any atom is -0.276 e. The Balaban J connectivity index is 1.83. The standard InChI is InChI=1S/C22H16N4O/c27-22-19-14-24-25(15-16-7-3-1-4-8-16)21(19)18-13-23-12-11-20(18)26(22)17-9-5-2-6-10-17/h1-14H,15H2. The molecule has 0 amide bonds. The lowest BCUT2D eigenvalue weighted by atomic mass is 10.1. The fourth-order valence-electron chi connectivity index (χ4n) is 3.53. The highest BCUT2D eigenvalue weighted by atomic mass is 16.1. The van der Waals surface area contributed by atoms with Gasteiger partial charge in [-0.15, -0.1) is 0 Å². The van der Waals surface area contributed by atoms with E-state index in [-0.39, 0.29) is 5.56 Å². The second-order valence-corrected chi connectivity index (χ2v) is 6.42. The van der Waals surface area contributed by atoms with Crippen LogP contribution in [0.1, 0.15) is 5.56 Å². The van der Waals surface area contributed by atoms with Gasteiger partial charge in [-0.05, 0) is 23.8 Å². The molecule has 2 aromatic carbocycles. The number of hydrogen-bond acceptors (Lipinski definition) is 3. The van der Waals surface area contributed by atoms with Crippen LogP contribution in [0, 0.1) is 0 Å². The summed E-state index contributed by atoms with van der Waals surface area (Å²) in [6.45, 7) is 0.600. The molecule has 130 valence electrons. The second-order valence-electron chi connectivity index (χ2n) is 6.42. The Kier molecular flexibility index (Phi) is 3.57. The average molecular weight is 352 g/mol. The van der Waals surface area contributed by atoms with E-state index in [0.29, 0.717) is 11.9 Å². The van der Waals surface area contributed by atoms with E-state index in [1.165, 1.54) is 0 Å². The molecular weight excluding hydrogens is 336 g/mol. The number of pyridine rings is 2. The molecule has 3 heterocycles. The van der Waals surface area contributed by atoms with Crippen LogP contribution in [0.4, 0.5) is 0 Å². The number of fused-ring (bicyclic) bond motifs is 3. The summed E-state index contributed by atoms with van der Waals surface area (Å²) in [5.74, 6) is 0. The molecular formula is C22H16N4O. The maximum absolute atomic E-state index is 13.3. The average Bonchev–Trinajstić information content (AvgIpc) is 3.14. The Labute approximate surface area is 155 Å². The van der Waals surface area contributed by atoms with E-state index in [1.54, 1.807) is 23.2 Å². The van der Waals surface area contributed by atoms with Gasteiger partial charge in [0.05, 0.1) is 29.2 Å². The number of benzene rings is 2. The van der Waals surface area contributed by atoms with E-state index in [2.05, 4.69) is 22.2 Å². The van der Waals surface area contributed by atoms with Crippen LogP contribution in [0.5, 0.6) is 0 Å². The maximum Gasteiger partial charge on any atom is 0.266 e. The van der Waals surface area contributed by atoms with Crippen molar-refractivity contribution in [3.05, 3.63) is 101 Å². The van der Waals surface area contributed by atoms with E-state index >= 15 is 0 Å². The molecule has 0 N–H and O–H groups in total. The third-order valence-electron chi connectivity index (χ3n) is 4.76. The number of nitrogens with zero attached hydrogens (tertiary/aromatic N) is 4. The minimum absolute atomic E-state index is 0.0748. The Morgan fingerprint density at radius 1 is 0.815 bits per heavy atom. The first-order chi connectivity index (χ1) is 13.3. The topological polar surface area (TPSA) is 52.7 Å². The highest BCUT2D eigenvalue weighted by Crippen LogP contribution is 2.24. The monoisotopic (exact) mass is 352 g/mol. The molecule has 0 fully saturated rings. The predicted octanol–water partition coefficient (Wildman–Crippen LogP) is 3.78. The summed E-state index contributed by atoms with van der Waals surface area (Å²) in [6, 6.07) is 21.6. The van der Waals surface area contributed by atoms with Crippen LogP contribution in [-0.2, 0) is 6.54 Å². The van der Waals surface area contributed by atoms with E-state index in [9.17, 15) is 4.79 Å². The summed E-state index contributed by atoms with van der Waals surface area (Å²) >= 11 is 0. The summed E-state index contributed by atoms with van der Waals surface area (Å²) in [7, 11) is 0. The zero-order valence-corrected chi connectivity index (χ0v) is 14.5. The summed E-state index contributed by atoms with van der Waals surface area (Å²) in [5, 5.41) is 6.01. The molecule has 5 nitrogen and oxygen atoms in total. The van der Waals surface area contributed by atoms with Crippen molar-refractivity contribution >= 4 is 21.8 Å². The van der Waals surface area contributed by atoms with Crippen LogP contribution in [0.25, 0.3) is 27.5 Å². The molecule has 5 aromatic rings. The van der Waals surface area contributed by atoms with Gasteiger partial charge in [0.25, 0.3) is 5.56 Å². The van der Waals surface area contributed by atoms with Gasteiger partial charge < -0.3 is 0 Å². The summed E-state index contributed by atoms with van der Waals surface area (Å²) in [5.41, 5.74) is 3.53. The smallest absolute Gasteiger partial charge is 0.266 e. The fraction of sp³-hybridized carbons (Fsp3) is 0.0455. The van der Waals surface area contributed by atoms with Crippen molar-refractivity contribution in [3.8, 4) is 5.69 Å². The van der Waals surface area contributed by atoms with Crippen LogP contribution in [-0.4, -0.2) is 19.3 Å². The Hall–Kier alpha value is -3.73. The van der Waals surface area contributed by atoms with Crippen molar-refractivity contribution in [2.24, 2.45) is 0 Å². The molecule has 0 bridgehead atoms. The maximum atomic E-state index is 13.3. The number of rotatable bonds is 3. The van der Waals surface area contributed by atoms with Crippen LogP contribution >= 0.6 is 0 Å². The van der Waals surface area contributed by atoms with Crippen molar-refractivity contribution in [2.45, 2.75) is 6.54 Å². The predicted molar refractivity (Wildman–Crippen MR) is 106 cm³/mol. The van der Waals surface area contributed by atoms with Gasteiger partial charge in [-0.25, -0.2) is 0 Å². The van der Waals surface area contributed by atoms with Crippen molar-refractivity contribution in [1.29, 1.82) is 0 Å². The first kappa shape index (κ1) is 15.5. The summed E-state index contributed by atoms with van der Waals surface area (Å²) < 4.78 is 3.61. The Morgan fingerprint density at radius 2 is 1.56 bits per heavy atom. The van der Waals surface area contributed by atoms with E-state index in [1.807, 2.05) is 59.3 Å². The molecule has 5 rings (SSSR count). The molecule has 0 unspecified atom stereocenters. The summed E-state index contributed by atoms with van der Waals surface area (Å²) in [6.07, 6.45) is 5.18. The van der Waals surface area contributed by atoms with Gasteiger partial charge in [0.2, 0.25) is 0 Å². The lowest BCUT2D eigenvalue weighted by Gasteiger charge is -2.12. The summed E-state index contributed by atoms with van der Waals surface area (Å²) in [4.78, 5) is 17.6. The fourth-order valence-corrected chi connectivity index (χ4v) is 3.53. The van der Waals surface area contributed by atoms with Gasteiger partial charge in [-0.2, -0.15) is 5.10 Å². The lowest BCUT2D eigenvalue weighted by molar-refractivity contribution is 0.714. The molecule has 0 saturated carbocycles. The second kappa shape index (κ2) is 6.21. The number of aromatic nitrogens is 4. The zero-order chi connectivity index (χ0) is 18.2. The quantitative estimate of drug-likeness (QED) is 0.496. The van der Waals surface area contributed by atoms with Crippen molar-refractivity contribution < 1.29 is 0 Å². The molecule has 0 radical (unpaired) electrons. The van der Waals surface area contributed by atoms with Gasteiger partial charge in [-0.1, -0.05) is 48.5 Å². The largest absolute Gasteiger partial charge is 0.276 e. The van der Waals surface area contributed by atoms with Crippen LogP contribution < -0.4 is 5.56 Å². The van der Waals surface area contributed by atoms with Crippen molar-refractivity contribution in [1.82, 2.24) is 19.3 Å². The first-order valence-corrected chi connectivity index (χ1v) is 8.76. The molecule has 0 aliphatic heterocycles. The SMILES string of the molecule is O=c1c2cnn(Cc3ccccc3)c2c2cnccc2n1-c1ccccc1. The normalized spacial score (nSPS) is 11.3. The highest BCUT2D eigenvalue weighted by molar-refractivity contribution is 6.03. The van der Waals surface area contributed by atoms with E-state index in [4.69, 9.17) is 0 Å². The molecule has 5 heteroatoms. The highest BCUT2D eigenvalue weighted by Gasteiger charge is 2.16. The molecule has 0 aliphatic carbocycles. The number of hydrogen-bond donors (Lipinski definition) is 0. The third-order valence-corrected chi connectivity index (χ3v) is 4.76. The Bertz CT molecular complexity index is 1300. The minimum atomic E-state index is -0.0748. The van der Waals surface area contributed by atoms with Crippen LogP contribution in [0.2, 0.25) is 0 Å². The molecule has 0 spiro atoms. The Morgan fingerprint density at radius 3 is 2.33 bits per heavy atom. The first-order valence-electron chi connectivity index (χ1n) is 8.76. The van der Waals surface area contributed by atoms with Crippen molar-refractivity contribution in [2.75, 3.05) is 0 Å². The van der Waals surface area contributed by atoms with Crippen LogP contribution in [0.15, 0.2) is 90.1 Å². The number of para-hydroxylation sites is 1. The molecule has 0 aliphatic rings. The molecule has 27 heavy (non-hydrogen) atoms. The van der Waals surface area contributed by atoms with E-state index in [0.717, 1.165) is 27.7 Å². The van der Waals surface area contributed by atoms with Gasteiger partial charge in [0, 0.05) is 23.5 Å². The molecule has 0 atom stereocenters.